The molecular weight excluding hydrogens is 422 g/mol. The number of nitrogens with one attached hydrogen (secondary N) is 2. The first-order valence-electron chi connectivity index (χ1n) is 11.2. The number of carbonyl (C=O) groups excluding carboxylic acids is 2. The average Bonchev–Trinajstić information content (AvgIpc) is 2.78. The van der Waals surface area contributed by atoms with E-state index in [0.717, 1.165) is 31.2 Å². The minimum absolute atomic E-state index is 0.0212. The molecular formula is C26H32ClN3O2. The summed E-state index contributed by atoms with van der Waals surface area (Å²) < 4.78 is 0. The van der Waals surface area contributed by atoms with Gasteiger partial charge in [0.15, 0.2) is 0 Å². The van der Waals surface area contributed by atoms with Gasteiger partial charge >= 0.3 is 0 Å². The number of amides is 2. The highest BCUT2D eigenvalue weighted by Crippen LogP contribution is 2.24. The molecule has 1 aliphatic carbocycles. The Labute approximate surface area is 195 Å². The monoisotopic (exact) mass is 453 g/mol. The van der Waals surface area contributed by atoms with Crippen molar-refractivity contribution < 1.29 is 9.59 Å². The molecule has 5 nitrogen and oxygen atoms in total. The second-order valence-corrected chi connectivity index (χ2v) is 9.81. The molecule has 2 N–H and O–H groups in total. The van der Waals surface area contributed by atoms with E-state index in [9.17, 15) is 9.59 Å². The molecule has 0 aliphatic heterocycles. The molecule has 0 radical (unpaired) electrons. The van der Waals surface area contributed by atoms with E-state index < -0.39 is 11.9 Å². The van der Waals surface area contributed by atoms with E-state index in [0.29, 0.717) is 5.56 Å². The van der Waals surface area contributed by atoms with Gasteiger partial charge in [-0.25, -0.2) is 0 Å². The summed E-state index contributed by atoms with van der Waals surface area (Å²) in [5, 5.41) is 5.90. The second-order valence-electron chi connectivity index (χ2n) is 9.40. The third-order valence-electron chi connectivity index (χ3n) is 5.79. The largest absolute Gasteiger partial charge is 0.351 e. The van der Waals surface area contributed by atoms with Crippen molar-refractivity contribution in [2.24, 2.45) is 0 Å². The van der Waals surface area contributed by atoms with E-state index in [-0.39, 0.29) is 22.4 Å². The van der Waals surface area contributed by atoms with Crippen LogP contribution in [-0.2, 0) is 15.0 Å². The van der Waals surface area contributed by atoms with Crippen LogP contribution in [0.25, 0.3) is 6.08 Å². The lowest BCUT2D eigenvalue weighted by molar-refractivity contribution is -0.128. The van der Waals surface area contributed by atoms with Crippen molar-refractivity contribution >= 4 is 29.5 Å². The summed E-state index contributed by atoms with van der Waals surface area (Å²) in [6.45, 7) is 6.44. The van der Waals surface area contributed by atoms with Crippen molar-refractivity contribution in [3.05, 3.63) is 70.5 Å². The van der Waals surface area contributed by atoms with E-state index in [1.54, 1.807) is 30.6 Å². The Morgan fingerprint density at radius 3 is 2.38 bits per heavy atom. The highest BCUT2D eigenvalue weighted by atomic mass is 35.5. The lowest BCUT2D eigenvalue weighted by atomic mass is 9.87. The van der Waals surface area contributed by atoms with Gasteiger partial charge in [0, 0.05) is 24.0 Å². The molecule has 1 fully saturated rings. The van der Waals surface area contributed by atoms with E-state index in [2.05, 4.69) is 36.4 Å². The molecule has 1 aromatic heterocycles. The summed E-state index contributed by atoms with van der Waals surface area (Å²) in [7, 11) is 0. The summed E-state index contributed by atoms with van der Waals surface area (Å²) in [6, 6.07) is 10.7. The molecule has 0 saturated heterocycles. The first kappa shape index (κ1) is 24.0. The van der Waals surface area contributed by atoms with Crippen LogP contribution in [0.3, 0.4) is 0 Å². The van der Waals surface area contributed by atoms with Gasteiger partial charge in [0.25, 0.3) is 5.91 Å². The topological polar surface area (TPSA) is 71.1 Å². The van der Waals surface area contributed by atoms with Crippen molar-refractivity contribution in [1.82, 2.24) is 15.6 Å². The molecule has 3 rings (SSSR count). The van der Waals surface area contributed by atoms with E-state index >= 15 is 0 Å². The summed E-state index contributed by atoms with van der Waals surface area (Å²) in [5.74, 6) is -0.739. The van der Waals surface area contributed by atoms with Gasteiger partial charge in [-0.3, -0.25) is 14.6 Å². The number of hydrogen-bond donors (Lipinski definition) is 2. The van der Waals surface area contributed by atoms with Crippen molar-refractivity contribution in [1.29, 1.82) is 0 Å². The smallest absolute Gasteiger partial charge is 0.263 e. The number of halogens is 1. The van der Waals surface area contributed by atoms with Gasteiger partial charge in [-0.15, -0.1) is 0 Å². The maximum atomic E-state index is 13.0. The van der Waals surface area contributed by atoms with Gasteiger partial charge in [0.1, 0.15) is 11.1 Å². The van der Waals surface area contributed by atoms with Crippen LogP contribution < -0.4 is 10.6 Å². The highest BCUT2D eigenvalue weighted by Gasteiger charge is 2.26. The Hall–Kier alpha value is -2.66. The lowest BCUT2D eigenvalue weighted by Gasteiger charge is -2.26. The summed E-state index contributed by atoms with van der Waals surface area (Å²) in [4.78, 5) is 30.0. The number of hydrogen-bond acceptors (Lipinski definition) is 3. The third kappa shape index (κ3) is 6.67. The van der Waals surface area contributed by atoms with Gasteiger partial charge in [0.2, 0.25) is 5.91 Å². The Bertz CT molecular complexity index is 943. The lowest BCUT2D eigenvalue weighted by Crippen LogP contribution is -2.45. The highest BCUT2D eigenvalue weighted by molar-refractivity contribution is 6.44. The van der Waals surface area contributed by atoms with Crippen LogP contribution in [0.5, 0.6) is 0 Å². The first-order chi connectivity index (χ1) is 15.2. The van der Waals surface area contributed by atoms with Crippen LogP contribution in [0.15, 0.2) is 53.8 Å². The SMILES string of the molecule is CC(C)(C)c1ccc(C=C(Cl)C(=O)NC(C(=O)NC2CCCCC2)c2cccnc2)cc1. The van der Waals surface area contributed by atoms with Crippen molar-refractivity contribution in [3.63, 3.8) is 0 Å². The van der Waals surface area contributed by atoms with Gasteiger partial charge in [-0.05, 0) is 41.5 Å². The maximum Gasteiger partial charge on any atom is 0.263 e. The molecule has 2 amide bonds. The van der Waals surface area contributed by atoms with Gasteiger partial charge < -0.3 is 10.6 Å². The van der Waals surface area contributed by atoms with Gasteiger partial charge in [-0.2, -0.15) is 0 Å². The Morgan fingerprint density at radius 2 is 1.78 bits per heavy atom. The number of benzene rings is 1. The van der Waals surface area contributed by atoms with Crippen molar-refractivity contribution in [3.8, 4) is 0 Å². The normalized spacial score (nSPS) is 16.3. The van der Waals surface area contributed by atoms with Crippen LogP contribution in [0.4, 0.5) is 0 Å². The van der Waals surface area contributed by atoms with E-state index in [1.807, 2.05) is 24.3 Å². The molecule has 1 aromatic carbocycles. The van der Waals surface area contributed by atoms with Gasteiger partial charge in [0.05, 0.1) is 0 Å². The fraction of sp³-hybridized carbons (Fsp3) is 0.423. The van der Waals surface area contributed by atoms with Crippen LogP contribution in [0, 0.1) is 0 Å². The van der Waals surface area contributed by atoms with Gasteiger partial charge in [-0.1, -0.05) is 82.0 Å². The fourth-order valence-corrected chi connectivity index (χ4v) is 4.05. The number of nitrogens with zero attached hydrogens (tertiary/aromatic N) is 1. The van der Waals surface area contributed by atoms with Crippen LogP contribution in [0.2, 0.25) is 0 Å². The summed E-state index contributed by atoms with van der Waals surface area (Å²) in [5.41, 5.74) is 2.69. The molecule has 1 aliphatic rings. The number of rotatable bonds is 6. The van der Waals surface area contributed by atoms with E-state index in [1.165, 1.54) is 12.0 Å². The number of aromatic nitrogens is 1. The van der Waals surface area contributed by atoms with Crippen LogP contribution >= 0.6 is 11.6 Å². The minimum Gasteiger partial charge on any atom is -0.351 e. The standard InChI is InChI=1S/C26H32ClN3O2/c1-26(2,3)20-13-11-18(12-14-20)16-22(27)24(31)30-23(19-8-7-15-28-17-19)25(32)29-21-9-5-4-6-10-21/h7-8,11-17,21,23H,4-6,9-10H2,1-3H3,(H,29,32)(H,30,31). The molecule has 0 spiro atoms. The molecule has 2 aromatic rings. The third-order valence-corrected chi connectivity index (χ3v) is 6.07. The molecule has 1 atom stereocenters. The molecule has 32 heavy (non-hydrogen) atoms. The zero-order valence-corrected chi connectivity index (χ0v) is 19.8. The van der Waals surface area contributed by atoms with Crippen molar-refractivity contribution in [2.75, 3.05) is 0 Å². The predicted octanol–water partition coefficient (Wildman–Crippen LogP) is 5.27. The number of pyridine rings is 1. The average molecular weight is 454 g/mol. The fourth-order valence-electron chi connectivity index (χ4n) is 3.87. The first-order valence-corrected chi connectivity index (χ1v) is 11.6. The quantitative estimate of drug-likeness (QED) is 0.585. The van der Waals surface area contributed by atoms with Crippen LogP contribution in [-0.4, -0.2) is 22.8 Å². The molecule has 1 heterocycles. The molecule has 0 bridgehead atoms. The molecule has 6 heteroatoms. The second kappa shape index (κ2) is 10.8. The number of carbonyl (C=O) groups is 2. The van der Waals surface area contributed by atoms with Crippen LogP contribution in [0.1, 0.15) is 75.6 Å². The van der Waals surface area contributed by atoms with Crippen molar-refractivity contribution in [2.45, 2.75) is 70.4 Å². The Morgan fingerprint density at radius 1 is 1.09 bits per heavy atom. The summed E-state index contributed by atoms with van der Waals surface area (Å²) in [6.07, 6.45) is 10.2. The molecule has 1 saturated carbocycles. The zero-order chi connectivity index (χ0) is 23.1. The molecule has 1 unspecified atom stereocenters. The Kier molecular flexibility index (Phi) is 8.08. The Balaban J connectivity index is 1.73. The predicted molar refractivity (Wildman–Crippen MR) is 129 cm³/mol. The van der Waals surface area contributed by atoms with E-state index in [4.69, 9.17) is 11.6 Å². The maximum absolute atomic E-state index is 13.0. The summed E-state index contributed by atoms with van der Waals surface area (Å²) >= 11 is 6.33. The molecule has 170 valence electrons. The zero-order valence-electron chi connectivity index (χ0n) is 19.0. The minimum atomic E-state index is -0.858.